The number of para-hydroxylation sites is 3. The van der Waals surface area contributed by atoms with Gasteiger partial charge in [0.25, 0.3) is 0 Å². The lowest BCUT2D eigenvalue weighted by Crippen LogP contribution is -1.76. The van der Waals surface area contributed by atoms with Gasteiger partial charge in [-0.3, -0.25) is 0 Å². The van der Waals surface area contributed by atoms with Crippen LogP contribution in [0.1, 0.15) is 73.7 Å². The van der Waals surface area contributed by atoms with Crippen molar-refractivity contribution in [1.29, 1.82) is 0 Å². The Labute approximate surface area is 452 Å². The van der Waals surface area contributed by atoms with E-state index in [0.29, 0.717) is 51.7 Å². The second-order valence-electron chi connectivity index (χ2n) is 17.9. The molecule has 0 amide bonds. The second kappa shape index (κ2) is 36.2. The monoisotopic (exact) mass is 1030 g/mol. The Bertz CT molecular complexity index is 2810. The van der Waals surface area contributed by atoms with E-state index in [1.54, 1.807) is 91.0 Å². The van der Waals surface area contributed by atoms with Crippen LogP contribution in [-0.4, -0.2) is 46.0 Å². The highest BCUT2D eigenvalue weighted by molar-refractivity contribution is 5.39. The zero-order valence-electron chi connectivity index (χ0n) is 46.3. The minimum Gasteiger partial charge on any atom is -0.508 e. The van der Waals surface area contributed by atoms with Crippen LogP contribution in [0, 0.1) is 76.2 Å². The highest BCUT2D eigenvalue weighted by Gasteiger charge is 1.96. The molecule has 9 rings (SSSR count). The van der Waals surface area contributed by atoms with Crippen LogP contribution >= 0.6 is 0 Å². The maximum Gasteiger partial charge on any atom is 0.121 e. The lowest BCUT2D eigenvalue weighted by Gasteiger charge is -1.99. The molecule has 9 aromatic rings. The van der Waals surface area contributed by atoms with Crippen molar-refractivity contribution in [2.75, 3.05) is 0 Å². The van der Waals surface area contributed by atoms with Crippen molar-refractivity contribution in [3.63, 3.8) is 0 Å². The summed E-state index contributed by atoms with van der Waals surface area (Å²) in [5.41, 5.74) is 12.8. The van der Waals surface area contributed by atoms with Gasteiger partial charge in [-0.05, 0) is 217 Å². The first-order valence-electron chi connectivity index (χ1n) is 24.7. The summed E-state index contributed by atoms with van der Waals surface area (Å²) in [6, 6.07) is 59.8. The summed E-state index contributed by atoms with van der Waals surface area (Å²) in [5.74, 6) is 3.22. The quantitative estimate of drug-likeness (QED) is 0.0773. The van der Waals surface area contributed by atoms with E-state index in [0.717, 1.165) is 50.9 Å². The topological polar surface area (TPSA) is 182 Å². The summed E-state index contributed by atoms with van der Waals surface area (Å²) < 4.78 is 0. The van der Waals surface area contributed by atoms with Crippen LogP contribution in [-0.2, 0) is 6.42 Å². The standard InChI is InChI=1S/5C8H10O.3C7H8O.C6H6O/c1-6-3-4-8(9)5-7(6)2;1-6-3-4-8(9)7(2)5-6;1-6-3-4-7(2)8(9)5-6;1-6-4-3-5-7(2)8(6)9;1-2-7-3-5-8(9)6-4-7;1-6-2-4-7(8)5-3-6;1-6-3-2-4-7(8)5-6;1-6-4-2-3-5-7(6)8;7-6-4-2-1-3-5-6/h4*3-5,9H,1-2H3;3-6,9H,2H2,1H3;3*2-5,8H,1H3;1-5,7H. The Morgan fingerprint density at radius 3 is 1.01 bits per heavy atom. The number of hydrogen-bond acceptors (Lipinski definition) is 9. The van der Waals surface area contributed by atoms with Crippen LogP contribution in [0.5, 0.6) is 51.7 Å². The average Bonchev–Trinajstić information content (AvgIpc) is 3.38. The van der Waals surface area contributed by atoms with Crippen molar-refractivity contribution in [3.8, 4) is 51.7 Å². The molecule has 76 heavy (non-hydrogen) atoms. The molecule has 0 heterocycles. The third kappa shape index (κ3) is 29.6. The molecule has 9 aromatic carbocycles. The van der Waals surface area contributed by atoms with E-state index in [1.165, 1.54) is 22.3 Å². The van der Waals surface area contributed by atoms with Gasteiger partial charge in [-0.15, -0.1) is 0 Å². The van der Waals surface area contributed by atoms with Crippen LogP contribution in [0.2, 0.25) is 0 Å². The van der Waals surface area contributed by atoms with E-state index in [-0.39, 0.29) is 0 Å². The molecule has 9 N–H and O–H groups in total. The molecular formula is C67H80O9. The number of aryl methyl sites for hydroxylation is 12. The predicted molar refractivity (Wildman–Crippen MR) is 314 cm³/mol. The molecule has 9 nitrogen and oxygen atoms in total. The number of rotatable bonds is 1. The molecule has 0 spiro atoms. The van der Waals surface area contributed by atoms with Crippen molar-refractivity contribution in [3.05, 3.63) is 267 Å². The van der Waals surface area contributed by atoms with Crippen LogP contribution in [0.15, 0.2) is 200 Å². The Kier molecular flexibility index (Phi) is 31.0. The average molecular weight is 1030 g/mol. The summed E-state index contributed by atoms with van der Waals surface area (Å²) >= 11 is 0. The fourth-order valence-electron chi connectivity index (χ4n) is 5.95. The van der Waals surface area contributed by atoms with Crippen LogP contribution < -0.4 is 0 Å². The molecule has 402 valence electrons. The maximum absolute atomic E-state index is 9.21. The van der Waals surface area contributed by atoms with Gasteiger partial charge in [0.2, 0.25) is 0 Å². The van der Waals surface area contributed by atoms with Gasteiger partial charge >= 0.3 is 0 Å². The summed E-state index contributed by atoms with van der Waals surface area (Å²) in [6.45, 7) is 23.4. The van der Waals surface area contributed by atoms with Crippen LogP contribution in [0.3, 0.4) is 0 Å². The highest BCUT2D eigenvalue weighted by Crippen LogP contribution is 2.20. The molecule has 0 aliphatic carbocycles. The van der Waals surface area contributed by atoms with E-state index in [1.807, 2.05) is 185 Å². The van der Waals surface area contributed by atoms with Crippen LogP contribution in [0.25, 0.3) is 0 Å². The molecule has 9 heteroatoms. The minimum atomic E-state index is 0.322. The van der Waals surface area contributed by atoms with Gasteiger partial charge < -0.3 is 46.0 Å². The summed E-state index contributed by atoms with van der Waals surface area (Å²) in [5, 5.41) is 80.3. The van der Waals surface area contributed by atoms with Crippen molar-refractivity contribution < 1.29 is 46.0 Å². The van der Waals surface area contributed by atoms with Gasteiger partial charge in [-0.2, -0.15) is 0 Å². The van der Waals surface area contributed by atoms with Crippen molar-refractivity contribution in [1.82, 2.24) is 0 Å². The van der Waals surface area contributed by atoms with E-state index in [2.05, 4.69) is 6.92 Å². The lowest BCUT2D eigenvalue weighted by atomic mass is 10.1. The summed E-state index contributed by atoms with van der Waals surface area (Å²) in [6.07, 6.45) is 1.03. The molecule has 0 aliphatic rings. The first kappa shape index (κ1) is 65.2. The summed E-state index contributed by atoms with van der Waals surface area (Å²) in [4.78, 5) is 0. The first-order chi connectivity index (χ1) is 35.9. The molecule has 0 atom stereocenters. The molecule has 0 radical (unpaired) electrons. The van der Waals surface area contributed by atoms with Gasteiger partial charge in [0.15, 0.2) is 0 Å². The number of phenols is 9. The normalized spacial score (nSPS) is 9.32. The zero-order valence-corrected chi connectivity index (χ0v) is 46.3. The predicted octanol–water partition coefficient (Wildman–Crippen LogP) is 16.5. The maximum atomic E-state index is 9.21. The fourth-order valence-corrected chi connectivity index (χ4v) is 5.95. The molecule has 0 saturated carbocycles. The smallest absolute Gasteiger partial charge is 0.121 e. The van der Waals surface area contributed by atoms with Gasteiger partial charge in [0.1, 0.15) is 51.7 Å². The lowest BCUT2D eigenvalue weighted by molar-refractivity contribution is 0.466. The largest absolute Gasteiger partial charge is 0.508 e. The molecule has 0 bridgehead atoms. The third-order valence-electron chi connectivity index (χ3n) is 10.9. The molecule has 0 unspecified atom stereocenters. The van der Waals surface area contributed by atoms with Crippen molar-refractivity contribution in [2.45, 2.75) is 89.5 Å². The van der Waals surface area contributed by atoms with Crippen molar-refractivity contribution in [2.24, 2.45) is 0 Å². The summed E-state index contributed by atoms with van der Waals surface area (Å²) in [7, 11) is 0. The first-order valence-corrected chi connectivity index (χ1v) is 24.7. The zero-order chi connectivity index (χ0) is 57.2. The van der Waals surface area contributed by atoms with Gasteiger partial charge in [0, 0.05) is 0 Å². The Hall–Kier alpha value is -8.82. The fraction of sp³-hybridized carbons (Fsp3) is 0.194. The van der Waals surface area contributed by atoms with Gasteiger partial charge in [-0.1, -0.05) is 139 Å². The molecule has 0 aliphatic heterocycles. The molecular weight excluding hydrogens is 949 g/mol. The second-order valence-corrected chi connectivity index (χ2v) is 17.9. The Morgan fingerprint density at radius 2 is 0.632 bits per heavy atom. The van der Waals surface area contributed by atoms with Crippen molar-refractivity contribution >= 4 is 0 Å². The molecule has 0 saturated heterocycles. The van der Waals surface area contributed by atoms with E-state index in [4.69, 9.17) is 40.9 Å². The number of aromatic hydroxyl groups is 9. The van der Waals surface area contributed by atoms with Crippen LogP contribution in [0.4, 0.5) is 0 Å². The highest BCUT2D eigenvalue weighted by atomic mass is 16.3. The minimum absolute atomic E-state index is 0.322. The number of hydrogen-bond donors (Lipinski definition) is 9. The Morgan fingerprint density at radius 1 is 0.237 bits per heavy atom. The van der Waals surface area contributed by atoms with E-state index < -0.39 is 0 Å². The molecule has 0 aromatic heterocycles. The number of benzene rings is 9. The molecule has 0 fully saturated rings. The number of phenolic OH excluding ortho intramolecular Hbond substituents is 9. The van der Waals surface area contributed by atoms with E-state index >= 15 is 0 Å². The SMILES string of the molecule is CCc1ccc(O)cc1.Cc1ccc(C)c(O)c1.Cc1ccc(O)c(C)c1.Cc1ccc(O)cc1.Cc1ccc(O)cc1C.Cc1cccc(C)c1O.Cc1cccc(O)c1.Cc1ccccc1O.Oc1ccccc1. The van der Waals surface area contributed by atoms with E-state index in [9.17, 15) is 5.11 Å². The van der Waals surface area contributed by atoms with Gasteiger partial charge in [-0.25, -0.2) is 0 Å². The third-order valence-corrected chi connectivity index (χ3v) is 10.9. The van der Waals surface area contributed by atoms with Gasteiger partial charge in [0.05, 0.1) is 0 Å². The Balaban J connectivity index is 0.000000428.